The molecule has 0 bridgehead atoms. The molecule has 1 aliphatic heterocycles. The zero-order valence-corrected chi connectivity index (χ0v) is 14.3. The summed E-state index contributed by atoms with van der Waals surface area (Å²) in [5, 5.41) is 7.93. The third-order valence-corrected chi connectivity index (χ3v) is 6.54. The summed E-state index contributed by atoms with van der Waals surface area (Å²) in [6.07, 6.45) is 4.01. The summed E-state index contributed by atoms with van der Waals surface area (Å²) in [6.45, 7) is 4.97. The van der Waals surface area contributed by atoms with Gasteiger partial charge in [0.05, 0.1) is 4.90 Å². The van der Waals surface area contributed by atoms with Gasteiger partial charge in [-0.3, -0.25) is 0 Å². The molecular weight excluding hydrogens is 312 g/mol. The molecule has 1 fully saturated rings. The van der Waals surface area contributed by atoms with Gasteiger partial charge in [-0.15, -0.1) is 10.2 Å². The first-order valence-electron chi connectivity index (χ1n) is 7.98. The second kappa shape index (κ2) is 6.41. The summed E-state index contributed by atoms with van der Waals surface area (Å²) in [5.41, 5.74) is 0.879. The summed E-state index contributed by atoms with van der Waals surface area (Å²) in [6, 6.07) is 7.56. The number of sulfonamides is 1. The van der Waals surface area contributed by atoms with Gasteiger partial charge in [-0.05, 0) is 37.8 Å². The van der Waals surface area contributed by atoms with Crippen molar-refractivity contribution < 1.29 is 8.42 Å². The molecule has 2 aromatic rings. The van der Waals surface area contributed by atoms with Crippen LogP contribution in [0.5, 0.6) is 0 Å². The highest BCUT2D eigenvalue weighted by Gasteiger charge is 2.31. The molecule has 1 aromatic carbocycles. The maximum Gasteiger partial charge on any atom is 0.243 e. The van der Waals surface area contributed by atoms with Gasteiger partial charge in [0.25, 0.3) is 0 Å². The van der Waals surface area contributed by atoms with Crippen molar-refractivity contribution in [1.29, 1.82) is 0 Å². The zero-order valence-electron chi connectivity index (χ0n) is 13.5. The van der Waals surface area contributed by atoms with Gasteiger partial charge < -0.3 is 4.57 Å². The van der Waals surface area contributed by atoms with E-state index in [2.05, 4.69) is 10.2 Å². The van der Waals surface area contributed by atoms with Crippen LogP contribution >= 0.6 is 0 Å². The molecule has 2 heterocycles. The zero-order chi connectivity index (χ0) is 16.4. The number of aryl methyl sites for hydroxylation is 2. The fourth-order valence-corrected chi connectivity index (χ4v) is 4.97. The molecule has 0 N–H and O–H groups in total. The first kappa shape index (κ1) is 16.1. The van der Waals surface area contributed by atoms with Crippen LogP contribution in [-0.4, -0.2) is 40.6 Å². The van der Waals surface area contributed by atoms with Crippen molar-refractivity contribution in [1.82, 2.24) is 19.1 Å². The minimum Gasteiger partial charge on any atom is -0.315 e. The van der Waals surface area contributed by atoms with E-state index in [1.165, 1.54) is 0 Å². The van der Waals surface area contributed by atoms with Crippen LogP contribution in [0.15, 0.2) is 35.5 Å². The lowest BCUT2D eigenvalue weighted by atomic mass is 10.1. The molecule has 1 saturated heterocycles. The molecule has 124 valence electrons. The second-order valence-corrected chi connectivity index (χ2v) is 7.79. The number of rotatable bonds is 4. The number of piperidine rings is 1. The first-order valence-corrected chi connectivity index (χ1v) is 9.42. The van der Waals surface area contributed by atoms with Gasteiger partial charge >= 0.3 is 0 Å². The SMILES string of the molecule is CCc1ccccc1S(=O)(=O)N1CCC(n2cnnc2C)CC1. The minimum atomic E-state index is -3.41. The highest BCUT2D eigenvalue weighted by Crippen LogP contribution is 2.28. The summed E-state index contributed by atoms with van der Waals surface area (Å²) >= 11 is 0. The van der Waals surface area contributed by atoms with Crippen LogP contribution in [0, 0.1) is 6.92 Å². The Morgan fingerprint density at radius 2 is 1.91 bits per heavy atom. The van der Waals surface area contributed by atoms with Gasteiger partial charge in [0, 0.05) is 19.1 Å². The van der Waals surface area contributed by atoms with Gasteiger partial charge in [0.1, 0.15) is 12.2 Å². The van der Waals surface area contributed by atoms with Crippen LogP contribution in [0.4, 0.5) is 0 Å². The van der Waals surface area contributed by atoms with E-state index in [-0.39, 0.29) is 6.04 Å². The fraction of sp³-hybridized carbons (Fsp3) is 0.500. The van der Waals surface area contributed by atoms with E-state index in [0.29, 0.717) is 24.4 Å². The van der Waals surface area contributed by atoms with Crippen LogP contribution in [0.2, 0.25) is 0 Å². The van der Waals surface area contributed by atoms with Crippen LogP contribution in [-0.2, 0) is 16.4 Å². The van der Waals surface area contributed by atoms with Gasteiger partial charge in [-0.1, -0.05) is 25.1 Å². The predicted molar refractivity (Wildman–Crippen MR) is 87.6 cm³/mol. The molecule has 0 radical (unpaired) electrons. The first-order chi connectivity index (χ1) is 11.0. The van der Waals surface area contributed by atoms with E-state index in [4.69, 9.17) is 0 Å². The van der Waals surface area contributed by atoms with Crippen molar-refractivity contribution in [3.8, 4) is 0 Å². The molecule has 0 atom stereocenters. The molecule has 3 rings (SSSR count). The number of aromatic nitrogens is 3. The molecule has 23 heavy (non-hydrogen) atoms. The van der Waals surface area contributed by atoms with Crippen LogP contribution in [0.25, 0.3) is 0 Å². The number of nitrogens with zero attached hydrogens (tertiary/aromatic N) is 4. The van der Waals surface area contributed by atoms with E-state index in [9.17, 15) is 8.42 Å². The smallest absolute Gasteiger partial charge is 0.243 e. The normalized spacial score (nSPS) is 17.5. The van der Waals surface area contributed by atoms with Crippen molar-refractivity contribution >= 4 is 10.0 Å². The Labute approximate surface area is 137 Å². The Morgan fingerprint density at radius 1 is 1.22 bits per heavy atom. The maximum absolute atomic E-state index is 12.9. The Hall–Kier alpha value is -1.73. The molecule has 0 amide bonds. The average molecular weight is 334 g/mol. The molecule has 7 heteroatoms. The topological polar surface area (TPSA) is 68.1 Å². The molecule has 6 nitrogen and oxygen atoms in total. The Bertz CT molecular complexity index is 777. The second-order valence-electron chi connectivity index (χ2n) is 5.88. The number of hydrogen-bond donors (Lipinski definition) is 0. The molecule has 0 saturated carbocycles. The van der Waals surface area contributed by atoms with Crippen molar-refractivity contribution in [2.75, 3.05) is 13.1 Å². The van der Waals surface area contributed by atoms with Crippen molar-refractivity contribution in [2.24, 2.45) is 0 Å². The van der Waals surface area contributed by atoms with E-state index in [1.54, 1.807) is 22.8 Å². The largest absolute Gasteiger partial charge is 0.315 e. The quantitative estimate of drug-likeness (QED) is 0.859. The number of hydrogen-bond acceptors (Lipinski definition) is 4. The third-order valence-electron chi connectivity index (χ3n) is 4.54. The van der Waals surface area contributed by atoms with E-state index in [0.717, 1.165) is 24.2 Å². The number of benzene rings is 1. The molecule has 0 unspecified atom stereocenters. The Morgan fingerprint density at radius 3 is 2.52 bits per heavy atom. The molecule has 1 aromatic heterocycles. The lowest BCUT2D eigenvalue weighted by Gasteiger charge is -2.32. The van der Waals surface area contributed by atoms with Crippen LogP contribution in [0.1, 0.15) is 37.2 Å². The van der Waals surface area contributed by atoms with Crippen LogP contribution < -0.4 is 0 Å². The lowest BCUT2D eigenvalue weighted by molar-refractivity contribution is 0.271. The summed E-state index contributed by atoms with van der Waals surface area (Å²) in [5.74, 6) is 0.877. The summed E-state index contributed by atoms with van der Waals surface area (Å²) < 4.78 is 29.5. The van der Waals surface area contributed by atoms with Gasteiger partial charge in [0.15, 0.2) is 0 Å². The maximum atomic E-state index is 12.9. The van der Waals surface area contributed by atoms with E-state index >= 15 is 0 Å². The average Bonchev–Trinajstić information content (AvgIpc) is 3.01. The predicted octanol–water partition coefficient (Wildman–Crippen LogP) is 2.17. The standard InChI is InChI=1S/C16H22N4O2S/c1-3-14-6-4-5-7-16(14)23(21,22)19-10-8-15(9-11-19)20-12-17-18-13(20)2/h4-7,12,15H,3,8-11H2,1-2H3. The molecule has 0 spiro atoms. The Balaban J connectivity index is 1.78. The monoisotopic (exact) mass is 334 g/mol. The van der Waals surface area contributed by atoms with Crippen molar-refractivity contribution in [3.63, 3.8) is 0 Å². The van der Waals surface area contributed by atoms with Crippen LogP contribution in [0.3, 0.4) is 0 Å². The highest BCUT2D eigenvalue weighted by atomic mass is 32.2. The third kappa shape index (κ3) is 3.03. The highest BCUT2D eigenvalue weighted by molar-refractivity contribution is 7.89. The summed E-state index contributed by atoms with van der Waals surface area (Å²) in [4.78, 5) is 0.446. The molecule has 0 aliphatic carbocycles. The van der Waals surface area contributed by atoms with E-state index < -0.39 is 10.0 Å². The van der Waals surface area contributed by atoms with Crippen molar-refractivity contribution in [3.05, 3.63) is 42.0 Å². The van der Waals surface area contributed by atoms with Gasteiger partial charge in [-0.25, -0.2) is 8.42 Å². The minimum absolute atomic E-state index is 0.276. The van der Waals surface area contributed by atoms with Gasteiger partial charge in [0.2, 0.25) is 10.0 Å². The Kier molecular flexibility index (Phi) is 4.50. The lowest BCUT2D eigenvalue weighted by Crippen LogP contribution is -2.39. The van der Waals surface area contributed by atoms with E-state index in [1.807, 2.05) is 30.5 Å². The fourth-order valence-electron chi connectivity index (χ4n) is 3.21. The molecule has 1 aliphatic rings. The summed E-state index contributed by atoms with van der Waals surface area (Å²) in [7, 11) is -3.41. The van der Waals surface area contributed by atoms with Gasteiger partial charge in [-0.2, -0.15) is 4.31 Å². The van der Waals surface area contributed by atoms with Crippen molar-refractivity contribution in [2.45, 2.75) is 44.0 Å². The molecular formula is C16H22N4O2S.